The Kier molecular flexibility index (Phi) is 5.66. The number of carbonyl (C=O) groups is 1. The van der Waals surface area contributed by atoms with Crippen molar-refractivity contribution in [1.29, 1.82) is 0 Å². The lowest BCUT2D eigenvalue weighted by Gasteiger charge is -2.05. The van der Waals surface area contributed by atoms with Gasteiger partial charge in [-0.15, -0.1) is 11.6 Å². The molecule has 0 fully saturated rings. The van der Waals surface area contributed by atoms with Gasteiger partial charge in [0.05, 0.1) is 4.92 Å². The maximum Gasteiger partial charge on any atom is 0.319 e. The average molecular weight is 270 g/mol. The molecule has 0 spiro atoms. The van der Waals surface area contributed by atoms with Crippen LogP contribution in [0.1, 0.15) is 0 Å². The highest BCUT2D eigenvalue weighted by Crippen LogP contribution is 2.16. The average Bonchev–Trinajstić information content (AvgIpc) is 2.35. The van der Waals surface area contributed by atoms with Crippen LogP contribution in [0.2, 0.25) is 0 Å². The molecule has 0 saturated heterocycles. The zero-order valence-electron chi connectivity index (χ0n) is 9.43. The molecule has 7 heteroatoms. The van der Waals surface area contributed by atoms with E-state index in [2.05, 4.69) is 10.6 Å². The third-order valence-electron chi connectivity index (χ3n) is 1.95. The SMILES string of the molecule is O=C(NC/C=C/CCl)Nc1cccc([N+](=O)[O-])c1. The lowest BCUT2D eigenvalue weighted by molar-refractivity contribution is -0.384. The standard InChI is InChI=1S/C11H12ClN3O3/c12-6-1-2-7-13-11(16)14-9-4-3-5-10(8-9)15(17)18/h1-5,8H,6-7H2,(H2,13,14,16)/b2-1+. The van der Waals surface area contributed by atoms with Crippen molar-refractivity contribution in [2.75, 3.05) is 17.7 Å². The molecule has 0 bridgehead atoms. The van der Waals surface area contributed by atoms with E-state index in [9.17, 15) is 14.9 Å². The van der Waals surface area contributed by atoms with Crippen molar-refractivity contribution in [2.24, 2.45) is 0 Å². The summed E-state index contributed by atoms with van der Waals surface area (Å²) in [7, 11) is 0. The summed E-state index contributed by atoms with van der Waals surface area (Å²) in [5, 5.41) is 15.6. The van der Waals surface area contributed by atoms with Gasteiger partial charge in [0.2, 0.25) is 0 Å². The number of hydrogen-bond donors (Lipinski definition) is 2. The van der Waals surface area contributed by atoms with Crippen LogP contribution in [0.4, 0.5) is 16.2 Å². The highest BCUT2D eigenvalue weighted by molar-refractivity contribution is 6.18. The molecule has 1 rings (SSSR count). The van der Waals surface area contributed by atoms with Gasteiger partial charge in [0.25, 0.3) is 5.69 Å². The number of alkyl halides is 1. The first kappa shape index (κ1) is 14.0. The molecule has 0 unspecified atom stereocenters. The molecule has 0 saturated carbocycles. The van der Waals surface area contributed by atoms with E-state index < -0.39 is 11.0 Å². The molecule has 6 nitrogen and oxygen atoms in total. The van der Waals surface area contributed by atoms with E-state index in [0.29, 0.717) is 18.1 Å². The molecule has 1 aromatic carbocycles. The zero-order chi connectivity index (χ0) is 13.4. The predicted molar refractivity (Wildman–Crippen MR) is 70.0 cm³/mol. The van der Waals surface area contributed by atoms with Crippen molar-refractivity contribution in [3.8, 4) is 0 Å². The first-order valence-corrected chi connectivity index (χ1v) is 5.67. The van der Waals surface area contributed by atoms with Crippen LogP contribution in [-0.4, -0.2) is 23.4 Å². The van der Waals surface area contributed by atoms with Crippen LogP contribution in [0.3, 0.4) is 0 Å². The summed E-state index contributed by atoms with van der Waals surface area (Å²) >= 11 is 5.41. The van der Waals surface area contributed by atoms with Crippen LogP contribution in [0.25, 0.3) is 0 Å². The van der Waals surface area contributed by atoms with Crippen molar-refractivity contribution in [1.82, 2.24) is 5.32 Å². The van der Waals surface area contributed by atoms with E-state index in [-0.39, 0.29) is 5.69 Å². The number of benzene rings is 1. The van der Waals surface area contributed by atoms with E-state index in [0.717, 1.165) is 0 Å². The number of nitrogens with zero attached hydrogens (tertiary/aromatic N) is 1. The molecule has 1 aromatic rings. The number of nitro groups is 1. The first-order valence-electron chi connectivity index (χ1n) is 5.13. The van der Waals surface area contributed by atoms with Gasteiger partial charge in [0.15, 0.2) is 0 Å². The lowest BCUT2D eigenvalue weighted by Crippen LogP contribution is -2.28. The van der Waals surface area contributed by atoms with Gasteiger partial charge in [-0.1, -0.05) is 18.2 Å². The van der Waals surface area contributed by atoms with E-state index in [4.69, 9.17) is 11.6 Å². The minimum atomic E-state index is -0.522. The fourth-order valence-corrected chi connectivity index (χ4v) is 1.30. The molecule has 0 aliphatic carbocycles. The summed E-state index contributed by atoms with van der Waals surface area (Å²) in [6, 6.07) is 5.28. The number of hydrogen-bond acceptors (Lipinski definition) is 3. The summed E-state index contributed by atoms with van der Waals surface area (Å²) in [6.45, 7) is 0.341. The van der Waals surface area contributed by atoms with Crippen molar-refractivity contribution >= 4 is 29.0 Å². The van der Waals surface area contributed by atoms with Crippen LogP contribution in [0.5, 0.6) is 0 Å². The molecule has 0 aliphatic rings. The number of halogens is 1. The van der Waals surface area contributed by atoms with Crippen molar-refractivity contribution < 1.29 is 9.72 Å². The molecule has 0 aromatic heterocycles. The Morgan fingerprint density at radius 3 is 2.89 bits per heavy atom. The van der Waals surface area contributed by atoms with Crippen LogP contribution < -0.4 is 10.6 Å². The van der Waals surface area contributed by atoms with Crippen molar-refractivity contribution in [2.45, 2.75) is 0 Å². The number of non-ortho nitro benzene ring substituents is 1. The Morgan fingerprint density at radius 2 is 2.22 bits per heavy atom. The third-order valence-corrected chi connectivity index (χ3v) is 2.13. The Labute approximate surface area is 109 Å². The van der Waals surface area contributed by atoms with Gasteiger partial charge in [-0.3, -0.25) is 10.1 Å². The van der Waals surface area contributed by atoms with Crippen molar-refractivity contribution in [3.05, 3.63) is 46.5 Å². The van der Waals surface area contributed by atoms with Gasteiger partial charge < -0.3 is 10.6 Å². The fraction of sp³-hybridized carbons (Fsp3) is 0.182. The molecular weight excluding hydrogens is 258 g/mol. The second kappa shape index (κ2) is 7.29. The molecule has 2 amide bonds. The normalized spacial score (nSPS) is 10.3. The minimum absolute atomic E-state index is 0.0742. The second-order valence-corrected chi connectivity index (χ2v) is 3.58. The molecule has 0 radical (unpaired) electrons. The summed E-state index contributed by atoms with van der Waals surface area (Å²) in [4.78, 5) is 21.4. The number of anilines is 1. The molecule has 2 N–H and O–H groups in total. The monoisotopic (exact) mass is 269 g/mol. The Balaban J connectivity index is 2.51. The molecule has 0 atom stereocenters. The lowest BCUT2D eigenvalue weighted by atomic mass is 10.3. The number of allylic oxidation sites excluding steroid dienone is 1. The van der Waals surface area contributed by atoms with Gasteiger partial charge in [-0.2, -0.15) is 0 Å². The predicted octanol–water partition coefficient (Wildman–Crippen LogP) is 2.51. The van der Waals surface area contributed by atoms with Crippen LogP contribution in [-0.2, 0) is 0 Å². The number of nitrogens with one attached hydrogen (secondary N) is 2. The van der Waals surface area contributed by atoms with Crippen LogP contribution in [0, 0.1) is 10.1 Å². The number of amides is 2. The van der Waals surface area contributed by atoms with Crippen molar-refractivity contribution in [3.63, 3.8) is 0 Å². The zero-order valence-corrected chi connectivity index (χ0v) is 10.2. The van der Waals surface area contributed by atoms with E-state index in [1.165, 1.54) is 18.2 Å². The Bertz CT molecular complexity index is 463. The van der Waals surface area contributed by atoms with Gasteiger partial charge in [0.1, 0.15) is 0 Å². The molecule has 96 valence electrons. The molecule has 18 heavy (non-hydrogen) atoms. The highest BCUT2D eigenvalue weighted by atomic mass is 35.5. The van der Waals surface area contributed by atoms with Gasteiger partial charge in [-0.05, 0) is 6.07 Å². The number of urea groups is 1. The van der Waals surface area contributed by atoms with Gasteiger partial charge >= 0.3 is 6.03 Å². The number of rotatable bonds is 5. The Morgan fingerprint density at radius 1 is 1.44 bits per heavy atom. The van der Waals surface area contributed by atoms with Gasteiger partial charge in [0, 0.05) is 30.2 Å². The smallest absolute Gasteiger partial charge is 0.319 e. The van der Waals surface area contributed by atoms with Gasteiger partial charge in [-0.25, -0.2) is 4.79 Å². The molecular formula is C11H12ClN3O3. The largest absolute Gasteiger partial charge is 0.334 e. The highest BCUT2D eigenvalue weighted by Gasteiger charge is 2.07. The third kappa shape index (κ3) is 4.84. The summed E-state index contributed by atoms with van der Waals surface area (Å²) in [5.74, 6) is 0.383. The second-order valence-electron chi connectivity index (χ2n) is 3.27. The topological polar surface area (TPSA) is 84.3 Å². The van der Waals surface area contributed by atoms with E-state index in [1.807, 2.05) is 0 Å². The van der Waals surface area contributed by atoms with E-state index >= 15 is 0 Å². The Hall–Kier alpha value is -2.08. The maximum absolute atomic E-state index is 11.4. The fourth-order valence-electron chi connectivity index (χ4n) is 1.17. The van der Waals surface area contributed by atoms with Crippen LogP contribution >= 0.6 is 11.6 Å². The quantitative estimate of drug-likeness (QED) is 0.373. The van der Waals surface area contributed by atoms with E-state index in [1.54, 1.807) is 18.2 Å². The molecule has 0 heterocycles. The summed E-state index contributed by atoms with van der Waals surface area (Å²) in [6.07, 6.45) is 3.41. The maximum atomic E-state index is 11.4. The molecule has 0 aliphatic heterocycles. The summed E-state index contributed by atoms with van der Waals surface area (Å²) in [5.41, 5.74) is 0.290. The number of nitro benzene ring substituents is 1. The minimum Gasteiger partial charge on any atom is -0.334 e. The first-order chi connectivity index (χ1) is 8.63. The number of carbonyl (C=O) groups excluding carboxylic acids is 1. The summed E-state index contributed by atoms with van der Waals surface area (Å²) < 4.78 is 0. The van der Waals surface area contributed by atoms with Crippen LogP contribution in [0.15, 0.2) is 36.4 Å².